The fourth-order valence-corrected chi connectivity index (χ4v) is 2.01. The summed E-state index contributed by atoms with van der Waals surface area (Å²) in [6.07, 6.45) is 2.46. The average Bonchev–Trinajstić information content (AvgIpc) is 2.10. The van der Waals surface area contributed by atoms with Crippen molar-refractivity contribution in [3.8, 4) is 0 Å². The molecule has 1 rings (SSSR count). The molecule has 1 saturated heterocycles. The Morgan fingerprint density at radius 3 is 2.83 bits per heavy atom. The van der Waals surface area contributed by atoms with Gasteiger partial charge in [0.2, 0.25) is 0 Å². The minimum Gasteiger partial charge on any atom is -0.396 e. The Labute approximate surface area is 73.8 Å². The highest BCUT2D eigenvalue weighted by atomic mass is 16.3. The second-order valence-electron chi connectivity index (χ2n) is 3.74. The van der Waals surface area contributed by atoms with E-state index in [1.807, 2.05) is 0 Å². The molecule has 0 aromatic carbocycles. The summed E-state index contributed by atoms with van der Waals surface area (Å²) in [5, 5.41) is 22.1. The largest absolute Gasteiger partial charge is 0.396 e. The maximum absolute atomic E-state index is 9.73. The molecule has 0 radical (unpaired) electrons. The third kappa shape index (κ3) is 1.79. The Hall–Kier alpha value is -0.120. The molecule has 0 aliphatic carbocycles. The molecule has 3 nitrogen and oxygen atoms in total. The van der Waals surface area contributed by atoms with Gasteiger partial charge in [-0.15, -0.1) is 0 Å². The van der Waals surface area contributed by atoms with Crippen LogP contribution in [0, 0.1) is 5.41 Å². The van der Waals surface area contributed by atoms with Crippen molar-refractivity contribution in [2.45, 2.75) is 32.3 Å². The van der Waals surface area contributed by atoms with Gasteiger partial charge in [-0.25, -0.2) is 0 Å². The highest BCUT2D eigenvalue weighted by Crippen LogP contribution is 2.33. The zero-order valence-corrected chi connectivity index (χ0v) is 7.71. The van der Waals surface area contributed by atoms with Crippen molar-refractivity contribution in [3.63, 3.8) is 0 Å². The van der Waals surface area contributed by atoms with E-state index in [4.69, 9.17) is 0 Å². The topological polar surface area (TPSA) is 52.5 Å². The normalized spacial score (nSPS) is 36.8. The summed E-state index contributed by atoms with van der Waals surface area (Å²) in [5.41, 5.74) is -0.222. The first-order valence-corrected chi connectivity index (χ1v) is 4.75. The summed E-state index contributed by atoms with van der Waals surface area (Å²) < 4.78 is 0. The van der Waals surface area contributed by atoms with Gasteiger partial charge in [-0.05, 0) is 19.4 Å². The SMILES string of the molecule is CCC[C@]1(CO)CCNC[C@H]1O. The van der Waals surface area contributed by atoms with Gasteiger partial charge < -0.3 is 15.5 Å². The maximum Gasteiger partial charge on any atom is 0.0743 e. The molecule has 1 fully saturated rings. The van der Waals surface area contributed by atoms with Crippen molar-refractivity contribution in [1.29, 1.82) is 0 Å². The van der Waals surface area contributed by atoms with Crippen molar-refractivity contribution >= 4 is 0 Å². The first-order valence-electron chi connectivity index (χ1n) is 4.75. The molecule has 0 aromatic heterocycles. The van der Waals surface area contributed by atoms with E-state index in [1.54, 1.807) is 0 Å². The fraction of sp³-hybridized carbons (Fsp3) is 1.00. The van der Waals surface area contributed by atoms with Crippen LogP contribution >= 0.6 is 0 Å². The molecule has 1 aliphatic heterocycles. The van der Waals surface area contributed by atoms with E-state index in [0.717, 1.165) is 25.8 Å². The molecule has 3 heteroatoms. The van der Waals surface area contributed by atoms with Gasteiger partial charge in [0.25, 0.3) is 0 Å². The van der Waals surface area contributed by atoms with E-state index < -0.39 is 0 Å². The molecule has 0 unspecified atom stereocenters. The number of β-amino-alcohol motifs (C(OH)–C–C–N with tert-alkyl or cyclic N) is 1. The molecule has 1 aliphatic rings. The molecule has 0 bridgehead atoms. The minimum absolute atomic E-state index is 0.115. The summed E-state index contributed by atoms with van der Waals surface area (Å²) >= 11 is 0. The van der Waals surface area contributed by atoms with Crippen LogP contribution in [-0.4, -0.2) is 36.0 Å². The Kier molecular flexibility index (Phi) is 3.50. The Morgan fingerprint density at radius 1 is 1.58 bits per heavy atom. The predicted molar refractivity (Wildman–Crippen MR) is 47.9 cm³/mol. The molecule has 0 amide bonds. The van der Waals surface area contributed by atoms with Crippen LogP contribution in [0.4, 0.5) is 0 Å². The second kappa shape index (κ2) is 4.21. The summed E-state index contributed by atoms with van der Waals surface area (Å²) in [6, 6.07) is 0. The van der Waals surface area contributed by atoms with E-state index in [2.05, 4.69) is 12.2 Å². The van der Waals surface area contributed by atoms with Gasteiger partial charge in [0, 0.05) is 12.0 Å². The lowest BCUT2D eigenvalue weighted by Gasteiger charge is -2.40. The average molecular weight is 173 g/mol. The van der Waals surface area contributed by atoms with Gasteiger partial charge in [-0.2, -0.15) is 0 Å². The zero-order valence-electron chi connectivity index (χ0n) is 7.71. The lowest BCUT2D eigenvalue weighted by Crippen LogP contribution is -2.50. The fourth-order valence-electron chi connectivity index (χ4n) is 2.01. The van der Waals surface area contributed by atoms with E-state index in [-0.39, 0.29) is 18.1 Å². The number of aliphatic hydroxyl groups is 2. The maximum atomic E-state index is 9.73. The van der Waals surface area contributed by atoms with Crippen molar-refractivity contribution in [2.24, 2.45) is 5.41 Å². The zero-order chi connectivity index (χ0) is 9.03. The van der Waals surface area contributed by atoms with Gasteiger partial charge >= 0.3 is 0 Å². The van der Waals surface area contributed by atoms with Crippen molar-refractivity contribution in [2.75, 3.05) is 19.7 Å². The van der Waals surface area contributed by atoms with Gasteiger partial charge in [0.15, 0.2) is 0 Å². The van der Waals surface area contributed by atoms with E-state index in [9.17, 15) is 10.2 Å². The van der Waals surface area contributed by atoms with Crippen LogP contribution in [0.1, 0.15) is 26.2 Å². The molecular formula is C9H19NO2. The summed E-state index contributed by atoms with van der Waals surface area (Å²) in [4.78, 5) is 0. The molecule has 2 atom stereocenters. The van der Waals surface area contributed by atoms with Gasteiger partial charge in [0.05, 0.1) is 12.7 Å². The quantitative estimate of drug-likeness (QED) is 0.568. The minimum atomic E-state index is -0.379. The lowest BCUT2D eigenvalue weighted by molar-refractivity contribution is -0.0442. The van der Waals surface area contributed by atoms with E-state index in [0.29, 0.717) is 6.54 Å². The van der Waals surface area contributed by atoms with Gasteiger partial charge in [-0.3, -0.25) is 0 Å². The summed E-state index contributed by atoms with van der Waals surface area (Å²) in [5.74, 6) is 0. The monoisotopic (exact) mass is 173 g/mol. The second-order valence-corrected chi connectivity index (χ2v) is 3.74. The summed E-state index contributed by atoms with van der Waals surface area (Å²) in [7, 11) is 0. The smallest absolute Gasteiger partial charge is 0.0743 e. The van der Waals surface area contributed by atoms with Crippen LogP contribution in [0.25, 0.3) is 0 Å². The Balaban J connectivity index is 2.60. The van der Waals surface area contributed by atoms with Crippen LogP contribution in [0.5, 0.6) is 0 Å². The highest BCUT2D eigenvalue weighted by Gasteiger charge is 2.38. The molecular weight excluding hydrogens is 154 g/mol. The van der Waals surface area contributed by atoms with Crippen molar-refractivity contribution < 1.29 is 10.2 Å². The van der Waals surface area contributed by atoms with Crippen LogP contribution in [0.15, 0.2) is 0 Å². The van der Waals surface area contributed by atoms with E-state index >= 15 is 0 Å². The van der Waals surface area contributed by atoms with Crippen molar-refractivity contribution in [1.82, 2.24) is 5.32 Å². The third-order valence-electron chi connectivity index (χ3n) is 2.91. The molecule has 0 aromatic rings. The Bertz CT molecular complexity index is 136. The Morgan fingerprint density at radius 2 is 2.33 bits per heavy atom. The van der Waals surface area contributed by atoms with Gasteiger partial charge in [0.1, 0.15) is 0 Å². The molecule has 0 saturated carbocycles. The van der Waals surface area contributed by atoms with E-state index in [1.165, 1.54) is 0 Å². The first-order chi connectivity index (χ1) is 5.75. The molecule has 0 spiro atoms. The van der Waals surface area contributed by atoms with Crippen LogP contribution in [0.3, 0.4) is 0 Å². The lowest BCUT2D eigenvalue weighted by atomic mass is 9.74. The highest BCUT2D eigenvalue weighted by molar-refractivity contribution is 4.90. The number of nitrogens with one attached hydrogen (secondary N) is 1. The van der Waals surface area contributed by atoms with Crippen LogP contribution < -0.4 is 5.32 Å². The molecule has 1 heterocycles. The van der Waals surface area contributed by atoms with Crippen LogP contribution in [-0.2, 0) is 0 Å². The molecule has 72 valence electrons. The number of hydrogen-bond acceptors (Lipinski definition) is 3. The molecule has 3 N–H and O–H groups in total. The van der Waals surface area contributed by atoms with Crippen molar-refractivity contribution in [3.05, 3.63) is 0 Å². The van der Waals surface area contributed by atoms with Crippen LogP contribution in [0.2, 0.25) is 0 Å². The number of hydrogen-bond donors (Lipinski definition) is 3. The van der Waals surface area contributed by atoms with Gasteiger partial charge in [-0.1, -0.05) is 13.3 Å². The summed E-state index contributed by atoms with van der Waals surface area (Å²) in [6.45, 7) is 3.74. The standard InChI is InChI=1S/C9H19NO2/c1-2-3-9(7-11)4-5-10-6-8(9)12/h8,10-12H,2-7H2,1H3/t8-,9-/m1/s1. The number of piperidine rings is 1. The first kappa shape index (κ1) is 9.96. The number of aliphatic hydroxyl groups excluding tert-OH is 2. The number of rotatable bonds is 3. The predicted octanol–water partition coefficient (Wildman–Crippen LogP) is 0.119. The molecule has 12 heavy (non-hydrogen) atoms. The third-order valence-corrected chi connectivity index (χ3v) is 2.91.